The van der Waals surface area contributed by atoms with Crippen LogP contribution in [0.3, 0.4) is 0 Å². The molecule has 0 fully saturated rings. The maximum atomic E-state index is 12.8. The molecular formula is C15H10F3N3. The van der Waals surface area contributed by atoms with E-state index in [2.05, 4.69) is 9.97 Å². The molecule has 3 rings (SSSR count). The molecule has 21 heavy (non-hydrogen) atoms. The molecule has 3 aromatic rings. The lowest BCUT2D eigenvalue weighted by Crippen LogP contribution is -2.04. The van der Waals surface area contributed by atoms with Crippen LogP contribution in [0.5, 0.6) is 0 Å². The Bertz CT molecular complexity index is 813. The zero-order chi connectivity index (χ0) is 15.0. The molecule has 0 saturated heterocycles. The van der Waals surface area contributed by atoms with E-state index in [0.717, 1.165) is 12.1 Å². The number of hydrogen-bond donors (Lipinski definition) is 1. The van der Waals surface area contributed by atoms with Crippen molar-refractivity contribution >= 4 is 16.6 Å². The number of fused-ring (bicyclic) bond motifs is 1. The zero-order valence-electron chi connectivity index (χ0n) is 10.7. The largest absolute Gasteiger partial charge is 0.416 e. The van der Waals surface area contributed by atoms with Gasteiger partial charge in [0.15, 0.2) is 0 Å². The summed E-state index contributed by atoms with van der Waals surface area (Å²) in [4.78, 5) is 8.19. The number of alkyl halides is 3. The molecule has 1 heterocycles. The molecule has 0 radical (unpaired) electrons. The number of hydrogen-bond acceptors (Lipinski definition) is 3. The lowest BCUT2D eigenvalue weighted by atomic mass is 10.0. The van der Waals surface area contributed by atoms with Crippen molar-refractivity contribution in [1.82, 2.24) is 9.97 Å². The Morgan fingerprint density at radius 2 is 1.71 bits per heavy atom. The van der Waals surface area contributed by atoms with Gasteiger partial charge in [-0.2, -0.15) is 13.2 Å². The lowest BCUT2D eigenvalue weighted by molar-refractivity contribution is -0.137. The Labute approximate surface area is 118 Å². The first-order valence-electron chi connectivity index (χ1n) is 6.13. The summed E-state index contributed by atoms with van der Waals surface area (Å²) < 4.78 is 38.4. The van der Waals surface area contributed by atoms with Crippen molar-refractivity contribution in [3.63, 3.8) is 0 Å². The summed E-state index contributed by atoms with van der Waals surface area (Å²) in [6.45, 7) is 0. The lowest BCUT2D eigenvalue weighted by Gasteiger charge is -2.10. The van der Waals surface area contributed by atoms with E-state index in [1.54, 1.807) is 24.3 Å². The van der Waals surface area contributed by atoms with Gasteiger partial charge in [0.05, 0.1) is 22.5 Å². The first-order chi connectivity index (χ1) is 9.97. The molecule has 0 atom stereocenters. The molecule has 0 aliphatic heterocycles. The van der Waals surface area contributed by atoms with Gasteiger partial charge in [0.2, 0.25) is 0 Å². The number of rotatable bonds is 1. The van der Waals surface area contributed by atoms with Crippen molar-refractivity contribution in [3.8, 4) is 11.3 Å². The van der Waals surface area contributed by atoms with Gasteiger partial charge in [-0.3, -0.25) is 0 Å². The average molecular weight is 289 g/mol. The van der Waals surface area contributed by atoms with Gasteiger partial charge in [0, 0.05) is 10.9 Å². The van der Waals surface area contributed by atoms with E-state index in [1.807, 2.05) is 0 Å². The van der Waals surface area contributed by atoms with Gasteiger partial charge < -0.3 is 5.73 Å². The summed E-state index contributed by atoms with van der Waals surface area (Å²) >= 11 is 0. The Hall–Kier alpha value is -2.63. The van der Waals surface area contributed by atoms with Crippen LogP contribution in [0.25, 0.3) is 22.2 Å². The summed E-state index contributed by atoms with van der Waals surface area (Å²) in [6, 6.07) is 10.2. The van der Waals surface area contributed by atoms with Crippen LogP contribution in [0, 0.1) is 0 Å². The molecule has 0 amide bonds. The number of nitrogen functional groups attached to an aromatic ring is 1. The molecule has 3 nitrogen and oxygen atoms in total. The van der Waals surface area contributed by atoms with Crippen LogP contribution in [-0.4, -0.2) is 9.97 Å². The van der Waals surface area contributed by atoms with Crippen LogP contribution < -0.4 is 5.73 Å². The van der Waals surface area contributed by atoms with Gasteiger partial charge in [-0.05, 0) is 18.2 Å². The number of nitrogens with two attached hydrogens (primary N) is 1. The minimum atomic E-state index is -4.39. The Morgan fingerprint density at radius 1 is 0.952 bits per heavy atom. The molecular weight excluding hydrogens is 279 g/mol. The van der Waals surface area contributed by atoms with E-state index in [-0.39, 0.29) is 0 Å². The minimum absolute atomic E-state index is 0.378. The van der Waals surface area contributed by atoms with Crippen molar-refractivity contribution in [2.45, 2.75) is 6.18 Å². The number of nitrogens with zero attached hydrogens (tertiary/aromatic N) is 2. The van der Waals surface area contributed by atoms with Crippen molar-refractivity contribution in [3.05, 3.63) is 54.4 Å². The fourth-order valence-electron chi connectivity index (χ4n) is 2.18. The Kier molecular flexibility index (Phi) is 3.01. The normalized spacial score (nSPS) is 11.8. The highest BCUT2D eigenvalue weighted by atomic mass is 19.4. The number of benzene rings is 2. The highest BCUT2D eigenvalue weighted by Crippen LogP contribution is 2.33. The maximum absolute atomic E-state index is 12.8. The second kappa shape index (κ2) is 4.73. The second-order valence-electron chi connectivity index (χ2n) is 4.54. The van der Waals surface area contributed by atoms with Crippen molar-refractivity contribution in [1.29, 1.82) is 0 Å². The summed E-state index contributed by atoms with van der Waals surface area (Å²) in [5.74, 6) is 0. The van der Waals surface area contributed by atoms with Crippen LogP contribution in [0.4, 0.5) is 18.9 Å². The maximum Gasteiger partial charge on any atom is 0.416 e. The predicted octanol–water partition coefficient (Wildman–Crippen LogP) is 3.90. The van der Waals surface area contributed by atoms with Gasteiger partial charge in [0.25, 0.3) is 0 Å². The molecule has 0 saturated carbocycles. The molecule has 1 aromatic heterocycles. The van der Waals surface area contributed by atoms with Crippen LogP contribution in [0.1, 0.15) is 5.56 Å². The third-order valence-electron chi connectivity index (χ3n) is 3.16. The quantitative estimate of drug-likeness (QED) is 0.691. The first-order valence-corrected chi connectivity index (χ1v) is 6.13. The number of anilines is 1. The molecule has 106 valence electrons. The van der Waals surface area contributed by atoms with Crippen molar-refractivity contribution in [2.24, 2.45) is 0 Å². The summed E-state index contributed by atoms with van der Waals surface area (Å²) in [5, 5.41) is 0.622. The topological polar surface area (TPSA) is 51.8 Å². The zero-order valence-corrected chi connectivity index (χ0v) is 10.7. The van der Waals surface area contributed by atoms with E-state index in [1.165, 1.54) is 12.4 Å². The van der Waals surface area contributed by atoms with Crippen molar-refractivity contribution < 1.29 is 13.2 Å². The Morgan fingerprint density at radius 3 is 2.48 bits per heavy atom. The molecule has 0 bridgehead atoms. The molecule has 0 aliphatic rings. The monoisotopic (exact) mass is 289 g/mol. The van der Waals surface area contributed by atoms with Crippen LogP contribution in [0.2, 0.25) is 0 Å². The first kappa shape index (κ1) is 13.4. The van der Waals surface area contributed by atoms with Crippen molar-refractivity contribution in [2.75, 3.05) is 5.73 Å². The smallest absolute Gasteiger partial charge is 0.397 e. The fraction of sp³-hybridized carbons (Fsp3) is 0.0667. The van der Waals surface area contributed by atoms with Crippen LogP contribution in [-0.2, 0) is 6.18 Å². The Balaban J connectivity index is 2.24. The third kappa shape index (κ3) is 2.40. The second-order valence-corrected chi connectivity index (χ2v) is 4.54. The van der Waals surface area contributed by atoms with E-state index >= 15 is 0 Å². The van der Waals surface area contributed by atoms with E-state index in [4.69, 9.17) is 5.73 Å². The van der Waals surface area contributed by atoms with Gasteiger partial charge in [-0.15, -0.1) is 0 Å². The highest BCUT2D eigenvalue weighted by molar-refractivity contribution is 5.98. The SMILES string of the molecule is Nc1cccc2c(-c3cccc(C(F)(F)F)c3)ncnc12. The molecule has 2 aromatic carbocycles. The van der Waals surface area contributed by atoms with Gasteiger partial charge in [-0.1, -0.05) is 24.3 Å². The predicted molar refractivity (Wildman–Crippen MR) is 74.4 cm³/mol. The molecule has 6 heteroatoms. The summed E-state index contributed by atoms with van der Waals surface area (Å²) in [5.41, 5.74) is 6.92. The summed E-state index contributed by atoms with van der Waals surface area (Å²) in [7, 11) is 0. The van der Waals surface area contributed by atoms with Gasteiger partial charge in [0.1, 0.15) is 6.33 Å². The molecule has 2 N–H and O–H groups in total. The third-order valence-corrected chi connectivity index (χ3v) is 3.16. The van der Waals surface area contributed by atoms with Crippen LogP contribution in [0.15, 0.2) is 48.8 Å². The summed E-state index contributed by atoms with van der Waals surface area (Å²) in [6.07, 6.45) is -3.09. The van der Waals surface area contributed by atoms with Gasteiger partial charge in [-0.25, -0.2) is 9.97 Å². The molecule has 0 spiro atoms. The van der Waals surface area contributed by atoms with Gasteiger partial charge >= 0.3 is 6.18 Å². The average Bonchev–Trinajstić information content (AvgIpc) is 2.46. The standard InChI is InChI=1S/C15H10F3N3/c16-15(17,18)10-4-1-3-9(7-10)13-11-5-2-6-12(19)14(11)21-8-20-13/h1-8H,19H2. The number of para-hydroxylation sites is 1. The van der Waals surface area contributed by atoms with E-state index in [0.29, 0.717) is 27.8 Å². The minimum Gasteiger partial charge on any atom is -0.397 e. The number of aromatic nitrogens is 2. The van der Waals surface area contributed by atoms with E-state index < -0.39 is 11.7 Å². The number of halogens is 3. The fourth-order valence-corrected chi connectivity index (χ4v) is 2.18. The highest BCUT2D eigenvalue weighted by Gasteiger charge is 2.30. The molecule has 0 aliphatic carbocycles. The van der Waals surface area contributed by atoms with Crippen LogP contribution >= 0.6 is 0 Å². The molecule has 0 unspecified atom stereocenters. The van der Waals surface area contributed by atoms with E-state index in [9.17, 15) is 13.2 Å².